The van der Waals surface area contributed by atoms with E-state index in [1.54, 1.807) is 25.1 Å². The van der Waals surface area contributed by atoms with E-state index in [1.807, 2.05) is 17.0 Å². The van der Waals surface area contributed by atoms with Crippen LogP contribution in [0.25, 0.3) is 0 Å². The molecule has 0 radical (unpaired) electrons. The molecular weight excluding hydrogens is 418 g/mol. The summed E-state index contributed by atoms with van der Waals surface area (Å²) in [7, 11) is 0. The third kappa shape index (κ3) is 5.85. The van der Waals surface area contributed by atoms with Crippen molar-refractivity contribution in [3.8, 4) is 0 Å². The van der Waals surface area contributed by atoms with Crippen LogP contribution < -0.4 is 0 Å². The molecule has 5 heteroatoms. The highest BCUT2D eigenvalue weighted by atomic mass is 19.1. The molecule has 1 heterocycles. The predicted molar refractivity (Wildman–Crippen MR) is 127 cm³/mol. The molecule has 1 saturated heterocycles. The van der Waals surface area contributed by atoms with Gasteiger partial charge in [0.05, 0.1) is 0 Å². The minimum absolute atomic E-state index is 0.00506. The molecule has 0 N–H and O–H groups in total. The molecule has 3 aromatic carbocycles. The van der Waals surface area contributed by atoms with Crippen LogP contribution in [-0.4, -0.2) is 35.3 Å². The van der Waals surface area contributed by atoms with E-state index in [0.29, 0.717) is 25.2 Å². The number of benzene rings is 3. The highest BCUT2D eigenvalue weighted by molar-refractivity contribution is 5.73. The lowest BCUT2D eigenvalue weighted by atomic mass is 9.88. The SMILES string of the molecule is CC(=O)N(Cc1ccc(F)cc1)CC1CN(Cc2ccccc2F)CC1c1ccc(C)cc1. The highest BCUT2D eigenvalue weighted by Gasteiger charge is 2.35. The van der Waals surface area contributed by atoms with Crippen molar-refractivity contribution in [3.05, 3.63) is 107 Å². The first-order valence-electron chi connectivity index (χ1n) is 11.4. The van der Waals surface area contributed by atoms with Gasteiger partial charge in [0.15, 0.2) is 0 Å². The molecule has 0 aliphatic carbocycles. The lowest BCUT2D eigenvalue weighted by molar-refractivity contribution is -0.130. The van der Waals surface area contributed by atoms with Gasteiger partial charge in [0.1, 0.15) is 11.6 Å². The third-order valence-electron chi connectivity index (χ3n) is 6.56. The van der Waals surface area contributed by atoms with E-state index in [4.69, 9.17) is 0 Å². The van der Waals surface area contributed by atoms with E-state index in [9.17, 15) is 13.6 Å². The van der Waals surface area contributed by atoms with E-state index >= 15 is 0 Å². The van der Waals surface area contributed by atoms with Crippen molar-refractivity contribution >= 4 is 5.91 Å². The molecule has 0 spiro atoms. The second-order valence-electron chi connectivity index (χ2n) is 9.09. The van der Waals surface area contributed by atoms with Crippen LogP contribution in [0, 0.1) is 24.5 Å². The van der Waals surface area contributed by atoms with Gasteiger partial charge < -0.3 is 4.90 Å². The molecule has 1 amide bonds. The summed E-state index contributed by atoms with van der Waals surface area (Å²) in [6.45, 7) is 6.82. The Balaban J connectivity index is 1.55. The number of likely N-dealkylation sites (tertiary alicyclic amines) is 1. The maximum Gasteiger partial charge on any atom is 0.219 e. The maximum absolute atomic E-state index is 14.3. The van der Waals surface area contributed by atoms with Crippen LogP contribution in [0.15, 0.2) is 72.8 Å². The zero-order valence-electron chi connectivity index (χ0n) is 19.2. The molecule has 4 rings (SSSR count). The number of carbonyl (C=O) groups excluding carboxylic acids is 1. The Morgan fingerprint density at radius 3 is 2.33 bits per heavy atom. The summed E-state index contributed by atoms with van der Waals surface area (Å²) < 4.78 is 27.6. The van der Waals surface area contributed by atoms with E-state index in [2.05, 4.69) is 36.1 Å². The molecule has 1 aliphatic rings. The van der Waals surface area contributed by atoms with Crippen molar-refractivity contribution in [1.29, 1.82) is 0 Å². The average molecular weight is 449 g/mol. The lowest BCUT2D eigenvalue weighted by Crippen LogP contribution is -2.35. The molecule has 1 fully saturated rings. The van der Waals surface area contributed by atoms with Gasteiger partial charge in [-0.2, -0.15) is 0 Å². The van der Waals surface area contributed by atoms with Crippen LogP contribution >= 0.6 is 0 Å². The van der Waals surface area contributed by atoms with E-state index in [-0.39, 0.29) is 29.4 Å². The predicted octanol–water partition coefficient (Wildman–Crippen LogP) is 5.54. The summed E-state index contributed by atoms with van der Waals surface area (Å²) in [5, 5.41) is 0. The third-order valence-corrected chi connectivity index (χ3v) is 6.56. The van der Waals surface area contributed by atoms with Crippen molar-refractivity contribution in [2.45, 2.75) is 32.9 Å². The van der Waals surface area contributed by atoms with Gasteiger partial charge in [-0.05, 0) is 42.2 Å². The molecule has 33 heavy (non-hydrogen) atoms. The molecule has 2 atom stereocenters. The highest BCUT2D eigenvalue weighted by Crippen LogP contribution is 2.35. The first kappa shape index (κ1) is 23.1. The Morgan fingerprint density at radius 2 is 1.67 bits per heavy atom. The fourth-order valence-corrected chi connectivity index (χ4v) is 4.73. The zero-order chi connectivity index (χ0) is 23.4. The second kappa shape index (κ2) is 10.3. The molecule has 172 valence electrons. The number of amides is 1. The molecule has 0 aromatic heterocycles. The van der Waals surface area contributed by atoms with Crippen LogP contribution in [0.1, 0.15) is 35.1 Å². The number of hydrogen-bond acceptors (Lipinski definition) is 2. The van der Waals surface area contributed by atoms with Crippen molar-refractivity contribution in [1.82, 2.24) is 9.80 Å². The molecule has 3 aromatic rings. The average Bonchev–Trinajstić information content (AvgIpc) is 3.19. The first-order valence-corrected chi connectivity index (χ1v) is 11.4. The minimum Gasteiger partial charge on any atom is -0.338 e. The maximum atomic E-state index is 14.3. The van der Waals surface area contributed by atoms with Crippen molar-refractivity contribution < 1.29 is 13.6 Å². The Kier molecular flexibility index (Phi) is 7.19. The summed E-state index contributed by atoms with van der Waals surface area (Å²) in [6.07, 6.45) is 0. The number of halogens is 2. The van der Waals surface area contributed by atoms with Gasteiger partial charge in [-0.1, -0.05) is 60.2 Å². The van der Waals surface area contributed by atoms with Gasteiger partial charge in [0.2, 0.25) is 5.91 Å². The van der Waals surface area contributed by atoms with E-state index in [0.717, 1.165) is 18.7 Å². The minimum atomic E-state index is -0.285. The summed E-state index contributed by atoms with van der Waals surface area (Å²) in [5.41, 5.74) is 4.04. The Hall–Kier alpha value is -3.05. The normalized spacial score (nSPS) is 18.4. The second-order valence-corrected chi connectivity index (χ2v) is 9.09. The number of hydrogen-bond donors (Lipinski definition) is 0. The standard InChI is InChI=1S/C28H30F2N2O/c1-20-7-11-23(12-8-20)27-19-31(16-24-5-3-4-6-28(24)30)17-25(27)18-32(21(2)33)15-22-9-13-26(29)14-10-22/h3-14,25,27H,15-19H2,1-2H3. The number of nitrogens with zero attached hydrogens (tertiary/aromatic N) is 2. The monoisotopic (exact) mass is 448 g/mol. The Labute approximate surface area is 194 Å². The molecule has 0 saturated carbocycles. The molecule has 2 unspecified atom stereocenters. The van der Waals surface area contributed by atoms with Crippen molar-refractivity contribution in [2.75, 3.05) is 19.6 Å². The quantitative estimate of drug-likeness (QED) is 0.474. The molecule has 0 bridgehead atoms. The van der Waals surface area contributed by atoms with Gasteiger partial charge in [-0.15, -0.1) is 0 Å². The smallest absolute Gasteiger partial charge is 0.219 e. The summed E-state index contributed by atoms with van der Waals surface area (Å²) in [6, 6.07) is 21.8. The lowest BCUT2D eigenvalue weighted by Gasteiger charge is -2.28. The van der Waals surface area contributed by atoms with Crippen LogP contribution in [-0.2, 0) is 17.9 Å². The van der Waals surface area contributed by atoms with Crippen molar-refractivity contribution in [2.24, 2.45) is 5.92 Å². The number of carbonyl (C=O) groups is 1. The topological polar surface area (TPSA) is 23.6 Å². The molecule has 3 nitrogen and oxygen atoms in total. The van der Waals surface area contributed by atoms with Gasteiger partial charge in [-0.25, -0.2) is 8.78 Å². The van der Waals surface area contributed by atoms with Gasteiger partial charge >= 0.3 is 0 Å². The zero-order valence-corrected chi connectivity index (χ0v) is 19.2. The largest absolute Gasteiger partial charge is 0.338 e. The van der Waals surface area contributed by atoms with Crippen LogP contribution in [0.2, 0.25) is 0 Å². The number of aryl methyl sites for hydroxylation is 1. The van der Waals surface area contributed by atoms with E-state index < -0.39 is 0 Å². The fraction of sp³-hybridized carbons (Fsp3) is 0.321. The van der Waals surface area contributed by atoms with Gasteiger partial charge in [0, 0.05) is 51.1 Å². The van der Waals surface area contributed by atoms with E-state index in [1.165, 1.54) is 29.3 Å². The molecule has 1 aliphatic heterocycles. The van der Waals surface area contributed by atoms with Crippen molar-refractivity contribution in [3.63, 3.8) is 0 Å². The van der Waals surface area contributed by atoms with Gasteiger partial charge in [-0.3, -0.25) is 9.69 Å². The number of rotatable bonds is 7. The fourth-order valence-electron chi connectivity index (χ4n) is 4.73. The molecular formula is C28H30F2N2O. The van der Waals surface area contributed by atoms with Crippen LogP contribution in [0.4, 0.5) is 8.78 Å². The van der Waals surface area contributed by atoms with Gasteiger partial charge in [0.25, 0.3) is 0 Å². The van der Waals surface area contributed by atoms with Crippen LogP contribution in [0.5, 0.6) is 0 Å². The first-order chi connectivity index (χ1) is 15.9. The Bertz CT molecular complexity index is 1080. The summed E-state index contributed by atoms with van der Waals surface area (Å²) in [4.78, 5) is 16.6. The van der Waals surface area contributed by atoms with Crippen LogP contribution in [0.3, 0.4) is 0 Å². The summed E-state index contributed by atoms with van der Waals surface area (Å²) in [5.74, 6) is -0.0209. The summed E-state index contributed by atoms with van der Waals surface area (Å²) >= 11 is 0. The Morgan fingerprint density at radius 1 is 0.970 bits per heavy atom.